The average molecular weight is 188 g/mol. The van der Waals surface area contributed by atoms with Gasteiger partial charge in [0.2, 0.25) is 0 Å². The van der Waals surface area contributed by atoms with Crippen molar-refractivity contribution in [2.45, 2.75) is 12.2 Å². The van der Waals surface area contributed by atoms with Crippen molar-refractivity contribution in [3.8, 4) is 0 Å². The van der Waals surface area contributed by atoms with E-state index >= 15 is 0 Å². The van der Waals surface area contributed by atoms with Gasteiger partial charge in [-0.15, -0.1) is 0 Å². The van der Waals surface area contributed by atoms with Crippen LogP contribution in [0.2, 0.25) is 0 Å². The van der Waals surface area contributed by atoms with Crippen LogP contribution >= 0.6 is 0 Å². The molecule has 2 fully saturated rings. The van der Waals surface area contributed by atoms with Crippen LogP contribution in [0.4, 0.5) is 0 Å². The van der Waals surface area contributed by atoms with E-state index in [1.165, 1.54) is 6.26 Å². The minimum absolute atomic E-state index is 0.392. The topological polar surface area (TPSA) is 43.5 Å². The lowest BCUT2D eigenvalue weighted by molar-refractivity contribution is 0.102. The molecule has 0 aliphatic carbocycles. The van der Waals surface area contributed by atoms with Crippen molar-refractivity contribution < 1.29 is 18.9 Å². The molecule has 2 aliphatic heterocycles. The lowest BCUT2D eigenvalue weighted by atomic mass is 10.5. The summed E-state index contributed by atoms with van der Waals surface area (Å²) in [6.45, 7) is 6.52. The number of ether oxygens (including phenoxy) is 4. The highest BCUT2D eigenvalue weighted by molar-refractivity contribution is 4.71. The lowest BCUT2D eigenvalue weighted by Crippen LogP contribution is -2.06. The smallest absolute Gasteiger partial charge is 0.104 e. The molecule has 0 saturated carbocycles. The van der Waals surface area contributed by atoms with Gasteiger partial charge >= 0.3 is 0 Å². The molecule has 4 heteroatoms. The van der Waals surface area contributed by atoms with Gasteiger partial charge in [0.15, 0.2) is 0 Å². The van der Waals surface area contributed by atoms with Gasteiger partial charge in [-0.1, -0.05) is 6.58 Å². The molecule has 0 radical (unpaired) electrons. The fraction of sp³-hybridized carbons (Fsp3) is 0.778. The van der Waals surface area contributed by atoms with Gasteiger partial charge in [0, 0.05) is 0 Å². The van der Waals surface area contributed by atoms with Crippen LogP contribution in [-0.4, -0.2) is 45.7 Å². The summed E-state index contributed by atoms with van der Waals surface area (Å²) in [4.78, 5) is 0. The van der Waals surface area contributed by atoms with Crippen LogP contribution in [0.15, 0.2) is 12.8 Å². The fourth-order valence-electron chi connectivity index (χ4n) is 0.659. The summed E-state index contributed by atoms with van der Waals surface area (Å²) in [6, 6.07) is 0. The van der Waals surface area contributed by atoms with E-state index < -0.39 is 0 Å². The zero-order valence-corrected chi connectivity index (χ0v) is 7.90. The lowest BCUT2D eigenvalue weighted by Gasteiger charge is -1.95. The van der Waals surface area contributed by atoms with Crippen LogP contribution in [0.1, 0.15) is 0 Å². The van der Waals surface area contributed by atoms with Crippen LogP contribution in [0.25, 0.3) is 0 Å². The van der Waals surface area contributed by atoms with Gasteiger partial charge in [-0.3, -0.25) is 0 Å². The normalized spacial score (nSPS) is 28.4. The van der Waals surface area contributed by atoms with Crippen molar-refractivity contribution in [2.75, 3.05) is 33.5 Å². The summed E-state index contributed by atoms with van der Waals surface area (Å²) in [7, 11) is 1.56. The molecule has 0 amide bonds. The second-order valence-electron chi connectivity index (χ2n) is 2.85. The second-order valence-corrected chi connectivity index (χ2v) is 2.85. The van der Waals surface area contributed by atoms with Gasteiger partial charge < -0.3 is 18.9 Å². The first-order chi connectivity index (χ1) is 6.36. The van der Waals surface area contributed by atoms with E-state index in [-0.39, 0.29) is 0 Å². The Labute approximate surface area is 78.4 Å². The van der Waals surface area contributed by atoms with Crippen molar-refractivity contribution >= 4 is 0 Å². The molecular formula is C9H16O4. The third kappa shape index (κ3) is 6.57. The molecule has 0 N–H and O–H groups in total. The van der Waals surface area contributed by atoms with E-state index in [1.807, 2.05) is 0 Å². The Morgan fingerprint density at radius 3 is 1.92 bits per heavy atom. The van der Waals surface area contributed by atoms with E-state index in [0.29, 0.717) is 12.2 Å². The molecule has 13 heavy (non-hydrogen) atoms. The minimum Gasteiger partial charge on any atom is -0.505 e. The fourth-order valence-corrected chi connectivity index (χ4v) is 0.659. The summed E-state index contributed by atoms with van der Waals surface area (Å²) in [6.07, 6.45) is 2.16. The van der Waals surface area contributed by atoms with Gasteiger partial charge in [0.1, 0.15) is 12.2 Å². The maximum Gasteiger partial charge on any atom is 0.104 e. The summed E-state index contributed by atoms with van der Waals surface area (Å²) in [5.74, 6) is 0. The number of methoxy groups -OCH3 is 1. The molecule has 0 bridgehead atoms. The third-order valence-electron chi connectivity index (χ3n) is 1.58. The van der Waals surface area contributed by atoms with E-state index in [4.69, 9.17) is 14.2 Å². The Morgan fingerprint density at radius 1 is 1.31 bits per heavy atom. The molecule has 2 aliphatic rings. The Morgan fingerprint density at radius 2 is 1.69 bits per heavy atom. The zero-order valence-electron chi connectivity index (χ0n) is 7.90. The molecule has 0 aromatic carbocycles. The SMILES string of the molecule is C(OCC1CO1)C1CO1.C=COC. The standard InChI is InChI=1S/C6H10O3.C3H6O/c1(5-3-8-5)7-2-6-4-9-6;1-3-4-2/h5-6H,1-4H2;3H,1H2,2H3. The van der Waals surface area contributed by atoms with E-state index in [9.17, 15) is 0 Å². The summed E-state index contributed by atoms with van der Waals surface area (Å²) < 4.78 is 19.4. The zero-order chi connectivity index (χ0) is 9.52. The number of epoxide rings is 2. The van der Waals surface area contributed by atoms with Gasteiger partial charge in [-0.25, -0.2) is 0 Å². The molecular weight excluding hydrogens is 172 g/mol. The molecule has 2 unspecified atom stereocenters. The molecule has 2 atom stereocenters. The van der Waals surface area contributed by atoms with E-state index in [1.54, 1.807) is 7.11 Å². The second kappa shape index (κ2) is 5.96. The van der Waals surface area contributed by atoms with Gasteiger partial charge in [0.25, 0.3) is 0 Å². The first kappa shape index (κ1) is 10.5. The van der Waals surface area contributed by atoms with Crippen LogP contribution in [-0.2, 0) is 18.9 Å². The Kier molecular flexibility index (Phi) is 4.82. The van der Waals surface area contributed by atoms with Gasteiger partial charge in [0.05, 0.1) is 39.8 Å². The van der Waals surface area contributed by atoms with Crippen molar-refractivity contribution in [2.24, 2.45) is 0 Å². The van der Waals surface area contributed by atoms with Gasteiger partial charge in [-0.2, -0.15) is 0 Å². The minimum atomic E-state index is 0.392. The number of hydrogen-bond donors (Lipinski definition) is 0. The molecule has 0 aromatic rings. The Balaban J connectivity index is 0.000000184. The quantitative estimate of drug-likeness (QED) is 0.467. The first-order valence-corrected chi connectivity index (χ1v) is 4.31. The van der Waals surface area contributed by atoms with Gasteiger partial charge in [-0.05, 0) is 0 Å². The first-order valence-electron chi connectivity index (χ1n) is 4.31. The average Bonchev–Trinajstić information content (AvgIpc) is 2.98. The van der Waals surface area contributed by atoms with Crippen LogP contribution in [0.5, 0.6) is 0 Å². The van der Waals surface area contributed by atoms with Crippen molar-refractivity contribution in [3.63, 3.8) is 0 Å². The van der Waals surface area contributed by atoms with Crippen molar-refractivity contribution in [1.29, 1.82) is 0 Å². The molecule has 4 nitrogen and oxygen atoms in total. The van der Waals surface area contributed by atoms with Crippen molar-refractivity contribution in [1.82, 2.24) is 0 Å². The summed E-state index contributed by atoms with van der Waals surface area (Å²) >= 11 is 0. The van der Waals surface area contributed by atoms with Crippen molar-refractivity contribution in [3.05, 3.63) is 12.8 Å². The Bertz CT molecular complexity index is 129. The highest BCUT2D eigenvalue weighted by Crippen LogP contribution is 2.12. The third-order valence-corrected chi connectivity index (χ3v) is 1.58. The predicted molar refractivity (Wildman–Crippen MR) is 47.5 cm³/mol. The maximum atomic E-state index is 5.23. The highest BCUT2D eigenvalue weighted by Gasteiger charge is 2.26. The van der Waals surface area contributed by atoms with Crippen LogP contribution in [0, 0.1) is 0 Å². The van der Waals surface area contributed by atoms with E-state index in [2.05, 4.69) is 11.3 Å². The Hall–Kier alpha value is -0.580. The summed E-state index contributed by atoms with van der Waals surface area (Å²) in [5.41, 5.74) is 0. The number of rotatable bonds is 5. The summed E-state index contributed by atoms with van der Waals surface area (Å²) in [5, 5.41) is 0. The molecule has 76 valence electrons. The largest absolute Gasteiger partial charge is 0.505 e. The molecule has 2 saturated heterocycles. The van der Waals surface area contributed by atoms with Crippen LogP contribution in [0.3, 0.4) is 0 Å². The maximum absolute atomic E-state index is 5.23. The predicted octanol–water partition coefficient (Wildman–Crippen LogP) is 0.577. The molecule has 0 aromatic heterocycles. The highest BCUT2D eigenvalue weighted by atomic mass is 16.6. The van der Waals surface area contributed by atoms with Crippen LogP contribution < -0.4 is 0 Å². The number of hydrogen-bond acceptors (Lipinski definition) is 4. The molecule has 0 spiro atoms. The molecule has 2 heterocycles. The molecule has 2 rings (SSSR count). The monoisotopic (exact) mass is 188 g/mol. The van der Waals surface area contributed by atoms with E-state index in [0.717, 1.165) is 26.4 Å².